The molecule has 96 valence electrons. The van der Waals surface area contributed by atoms with E-state index in [0.717, 1.165) is 18.5 Å². The molecule has 1 rings (SSSR count). The number of carboxylic acid groups (broad SMARTS) is 1. The van der Waals surface area contributed by atoms with Gasteiger partial charge in [0.1, 0.15) is 0 Å². The molecule has 1 aromatic rings. The Morgan fingerprint density at radius 3 is 2.76 bits per heavy atom. The highest BCUT2D eigenvalue weighted by molar-refractivity contribution is 5.68. The summed E-state index contributed by atoms with van der Waals surface area (Å²) in [5.41, 5.74) is 6.37. The summed E-state index contributed by atoms with van der Waals surface area (Å²) in [5.74, 6) is -1.05. The lowest BCUT2D eigenvalue weighted by atomic mass is 9.82. The first kappa shape index (κ1) is 13.7. The molecule has 0 aliphatic rings. The van der Waals surface area contributed by atoms with Crippen LogP contribution in [0, 0.1) is 0 Å². The highest BCUT2D eigenvalue weighted by atomic mass is 16.4. The zero-order chi connectivity index (χ0) is 13.1. The highest BCUT2D eigenvalue weighted by Gasteiger charge is 2.30. The first-order valence-electron chi connectivity index (χ1n) is 5.87. The van der Waals surface area contributed by atoms with Gasteiger partial charge >= 0.3 is 5.97 Å². The number of aliphatic carboxylic acids is 1. The van der Waals surface area contributed by atoms with Crippen LogP contribution < -0.4 is 5.73 Å². The Balaban J connectivity index is 2.92. The van der Waals surface area contributed by atoms with Crippen molar-refractivity contribution in [1.29, 1.82) is 0 Å². The molecule has 0 radical (unpaired) electrons. The minimum absolute atomic E-state index is 0.0291. The molecular formula is C12H21N3O2. The van der Waals surface area contributed by atoms with Gasteiger partial charge in [-0.3, -0.25) is 9.48 Å². The van der Waals surface area contributed by atoms with Crippen molar-refractivity contribution in [2.75, 3.05) is 0 Å². The Hall–Kier alpha value is -1.36. The minimum atomic E-state index is -0.836. The molecule has 5 nitrogen and oxygen atoms in total. The van der Waals surface area contributed by atoms with E-state index in [1.807, 2.05) is 24.7 Å². The SMILES string of the molecule is CCCn1cc(C(CC(=O)O)C(C)(C)N)cn1. The van der Waals surface area contributed by atoms with E-state index in [-0.39, 0.29) is 12.3 Å². The van der Waals surface area contributed by atoms with E-state index >= 15 is 0 Å². The quantitative estimate of drug-likeness (QED) is 0.789. The van der Waals surface area contributed by atoms with E-state index < -0.39 is 11.5 Å². The van der Waals surface area contributed by atoms with Crippen LogP contribution in [-0.4, -0.2) is 26.4 Å². The van der Waals surface area contributed by atoms with Crippen molar-refractivity contribution in [3.05, 3.63) is 18.0 Å². The van der Waals surface area contributed by atoms with Crippen LogP contribution in [0.15, 0.2) is 12.4 Å². The Labute approximate surface area is 102 Å². The maximum Gasteiger partial charge on any atom is 0.304 e. The molecule has 1 heterocycles. The third kappa shape index (κ3) is 3.85. The molecular weight excluding hydrogens is 218 g/mol. The van der Waals surface area contributed by atoms with Gasteiger partial charge < -0.3 is 10.8 Å². The van der Waals surface area contributed by atoms with Gasteiger partial charge in [-0.05, 0) is 25.8 Å². The number of hydrogen-bond acceptors (Lipinski definition) is 3. The highest BCUT2D eigenvalue weighted by Crippen LogP contribution is 2.29. The fourth-order valence-electron chi connectivity index (χ4n) is 1.90. The lowest BCUT2D eigenvalue weighted by Crippen LogP contribution is -2.40. The molecule has 5 heteroatoms. The zero-order valence-electron chi connectivity index (χ0n) is 10.7. The van der Waals surface area contributed by atoms with E-state index in [0.29, 0.717) is 0 Å². The summed E-state index contributed by atoms with van der Waals surface area (Å²) in [6, 6.07) is 0. The predicted octanol–water partition coefficient (Wildman–Crippen LogP) is 1.59. The van der Waals surface area contributed by atoms with E-state index in [9.17, 15) is 4.79 Å². The average molecular weight is 239 g/mol. The van der Waals surface area contributed by atoms with Gasteiger partial charge in [0, 0.05) is 24.2 Å². The molecule has 0 fully saturated rings. The Morgan fingerprint density at radius 1 is 1.65 bits per heavy atom. The summed E-state index contributed by atoms with van der Waals surface area (Å²) in [5, 5.41) is 13.2. The smallest absolute Gasteiger partial charge is 0.304 e. The topological polar surface area (TPSA) is 81.1 Å². The van der Waals surface area contributed by atoms with E-state index in [2.05, 4.69) is 12.0 Å². The molecule has 0 aliphatic heterocycles. The van der Waals surface area contributed by atoms with Crippen LogP contribution in [0.5, 0.6) is 0 Å². The van der Waals surface area contributed by atoms with Crippen LogP contribution in [0.1, 0.15) is 45.1 Å². The number of aromatic nitrogens is 2. The maximum atomic E-state index is 10.9. The van der Waals surface area contributed by atoms with Crippen LogP contribution in [0.4, 0.5) is 0 Å². The van der Waals surface area contributed by atoms with Gasteiger partial charge in [0.25, 0.3) is 0 Å². The number of carbonyl (C=O) groups is 1. The van der Waals surface area contributed by atoms with Crippen molar-refractivity contribution < 1.29 is 9.90 Å². The number of nitrogens with two attached hydrogens (primary N) is 1. The number of nitrogens with zero attached hydrogens (tertiary/aromatic N) is 2. The normalized spacial score (nSPS) is 13.6. The number of aryl methyl sites for hydroxylation is 1. The van der Waals surface area contributed by atoms with Gasteiger partial charge in [0.2, 0.25) is 0 Å². The fraction of sp³-hybridized carbons (Fsp3) is 0.667. The molecule has 0 aromatic carbocycles. The zero-order valence-corrected chi connectivity index (χ0v) is 10.7. The average Bonchev–Trinajstić information content (AvgIpc) is 2.61. The van der Waals surface area contributed by atoms with Gasteiger partial charge in [-0.1, -0.05) is 6.92 Å². The first-order chi connectivity index (χ1) is 7.84. The van der Waals surface area contributed by atoms with Crippen LogP contribution in [0.25, 0.3) is 0 Å². The standard InChI is InChI=1S/C12H21N3O2/c1-4-5-15-8-9(7-14-15)10(6-11(16)17)12(2,3)13/h7-8,10H,4-6,13H2,1-3H3,(H,16,17). The van der Waals surface area contributed by atoms with Crippen LogP contribution in [-0.2, 0) is 11.3 Å². The first-order valence-corrected chi connectivity index (χ1v) is 5.87. The summed E-state index contributed by atoms with van der Waals surface area (Å²) >= 11 is 0. The van der Waals surface area contributed by atoms with Gasteiger partial charge in [-0.2, -0.15) is 5.10 Å². The summed E-state index contributed by atoms with van der Waals surface area (Å²) in [6.07, 6.45) is 4.64. The predicted molar refractivity (Wildman–Crippen MR) is 65.8 cm³/mol. The largest absolute Gasteiger partial charge is 0.481 e. The number of rotatable bonds is 6. The van der Waals surface area contributed by atoms with Crippen LogP contribution >= 0.6 is 0 Å². The van der Waals surface area contributed by atoms with Gasteiger partial charge in [0.15, 0.2) is 0 Å². The molecule has 0 saturated carbocycles. The minimum Gasteiger partial charge on any atom is -0.481 e. The van der Waals surface area contributed by atoms with E-state index in [1.165, 1.54) is 0 Å². The maximum absolute atomic E-state index is 10.9. The van der Waals surface area contributed by atoms with E-state index in [4.69, 9.17) is 10.8 Å². The fourth-order valence-corrected chi connectivity index (χ4v) is 1.90. The number of hydrogen-bond donors (Lipinski definition) is 2. The van der Waals surface area contributed by atoms with E-state index in [1.54, 1.807) is 6.20 Å². The monoisotopic (exact) mass is 239 g/mol. The Bertz CT molecular complexity index is 379. The summed E-state index contributed by atoms with van der Waals surface area (Å²) in [6.45, 7) is 6.60. The molecule has 1 unspecified atom stereocenters. The number of carboxylic acids is 1. The second-order valence-electron chi connectivity index (χ2n) is 5.01. The lowest BCUT2D eigenvalue weighted by molar-refractivity contribution is -0.137. The second kappa shape index (κ2) is 5.31. The van der Waals surface area contributed by atoms with Crippen molar-refractivity contribution >= 4 is 5.97 Å². The Kier molecular flexibility index (Phi) is 4.28. The molecule has 0 spiro atoms. The lowest BCUT2D eigenvalue weighted by Gasteiger charge is -2.28. The van der Waals surface area contributed by atoms with Gasteiger partial charge in [-0.25, -0.2) is 0 Å². The third-order valence-corrected chi connectivity index (χ3v) is 2.79. The summed E-state index contributed by atoms with van der Waals surface area (Å²) in [7, 11) is 0. The van der Waals surface area contributed by atoms with Gasteiger partial charge in [-0.15, -0.1) is 0 Å². The molecule has 3 N–H and O–H groups in total. The van der Waals surface area contributed by atoms with Gasteiger partial charge in [0.05, 0.1) is 12.6 Å². The molecule has 1 atom stereocenters. The van der Waals surface area contributed by atoms with Crippen molar-refractivity contribution in [3.63, 3.8) is 0 Å². The molecule has 0 aliphatic carbocycles. The Morgan fingerprint density at radius 2 is 2.29 bits per heavy atom. The van der Waals surface area contributed by atoms with Crippen molar-refractivity contribution in [2.24, 2.45) is 5.73 Å². The van der Waals surface area contributed by atoms with Crippen LogP contribution in [0.3, 0.4) is 0 Å². The molecule has 17 heavy (non-hydrogen) atoms. The van der Waals surface area contributed by atoms with Crippen molar-refractivity contribution in [2.45, 2.75) is 51.6 Å². The molecule has 0 bridgehead atoms. The van der Waals surface area contributed by atoms with Crippen LogP contribution in [0.2, 0.25) is 0 Å². The molecule has 1 aromatic heterocycles. The third-order valence-electron chi connectivity index (χ3n) is 2.79. The summed E-state index contributed by atoms with van der Waals surface area (Å²) in [4.78, 5) is 10.9. The van der Waals surface area contributed by atoms with Crippen molar-refractivity contribution in [3.8, 4) is 0 Å². The van der Waals surface area contributed by atoms with Crippen molar-refractivity contribution in [1.82, 2.24) is 9.78 Å². The molecule has 0 saturated heterocycles. The second-order valence-corrected chi connectivity index (χ2v) is 5.01. The molecule has 0 amide bonds. The summed E-state index contributed by atoms with van der Waals surface area (Å²) < 4.78 is 1.83.